The third kappa shape index (κ3) is 5.45. The van der Waals surface area contributed by atoms with Crippen molar-refractivity contribution in [3.05, 3.63) is 29.8 Å². The number of hydrogen-bond acceptors (Lipinski definition) is 2. The fourth-order valence-electron chi connectivity index (χ4n) is 1.31. The summed E-state index contributed by atoms with van der Waals surface area (Å²) in [4.78, 5) is 1.35. The standard InChI is InChI=1S/C12H18ClNS/c1-10(2)15-12-5-3-11(4-6-12)7-8-14-9-13/h3-6,10,14H,7-9H2,1-2H3. The molecule has 0 saturated heterocycles. The summed E-state index contributed by atoms with van der Waals surface area (Å²) >= 11 is 7.43. The van der Waals surface area contributed by atoms with Crippen molar-refractivity contribution < 1.29 is 0 Å². The SMILES string of the molecule is CC(C)Sc1ccc(CCNCCl)cc1. The van der Waals surface area contributed by atoms with Gasteiger partial charge < -0.3 is 5.32 Å². The molecule has 1 N–H and O–H groups in total. The predicted molar refractivity (Wildman–Crippen MR) is 69.9 cm³/mol. The van der Waals surface area contributed by atoms with Gasteiger partial charge in [0.1, 0.15) is 0 Å². The Labute approximate surface area is 102 Å². The van der Waals surface area contributed by atoms with E-state index >= 15 is 0 Å². The lowest BCUT2D eigenvalue weighted by Crippen LogP contribution is -2.14. The summed E-state index contributed by atoms with van der Waals surface area (Å²) < 4.78 is 0. The zero-order valence-corrected chi connectivity index (χ0v) is 10.9. The average molecular weight is 244 g/mol. The molecule has 0 aliphatic rings. The van der Waals surface area contributed by atoms with E-state index in [-0.39, 0.29) is 0 Å². The summed E-state index contributed by atoms with van der Waals surface area (Å²) in [5.74, 6) is 0. The van der Waals surface area contributed by atoms with Gasteiger partial charge in [-0.3, -0.25) is 0 Å². The molecule has 0 spiro atoms. The van der Waals surface area contributed by atoms with E-state index in [0.717, 1.165) is 13.0 Å². The molecule has 0 amide bonds. The summed E-state index contributed by atoms with van der Waals surface area (Å²) in [6.07, 6.45) is 1.04. The van der Waals surface area contributed by atoms with E-state index in [2.05, 4.69) is 43.4 Å². The molecule has 0 unspecified atom stereocenters. The molecule has 1 aromatic carbocycles. The van der Waals surface area contributed by atoms with Gasteiger partial charge in [-0.15, -0.1) is 23.4 Å². The maximum Gasteiger partial charge on any atom is 0.0713 e. The van der Waals surface area contributed by atoms with Gasteiger partial charge in [-0.05, 0) is 24.1 Å². The van der Waals surface area contributed by atoms with Crippen molar-refractivity contribution in [1.29, 1.82) is 0 Å². The Morgan fingerprint density at radius 1 is 1.27 bits per heavy atom. The third-order valence-electron chi connectivity index (χ3n) is 1.98. The van der Waals surface area contributed by atoms with E-state index in [1.807, 2.05) is 11.8 Å². The second-order valence-electron chi connectivity index (χ2n) is 3.69. The molecule has 0 aromatic heterocycles. The van der Waals surface area contributed by atoms with Crippen molar-refractivity contribution in [3.63, 3.8) is 0 Å². The molecule has 0 fully saturated rings. The fraction of sp³-hybridized carbons (Fsp3) is 0.500. The van der Waals surface area contributed by atoms with Gasteiger partial charge in [0.2, 0.25) is 0 Å². The summed E-state index contributed by atoms with van der Waals surface area (Å²) in [5, 5.41) is 3.75. The maximum atomic E-state index is 5.54. The molecule has 0 aliphatic carbocycles. The quantitative estimate of drug-likeness (QED) is 0.355. The summed E-state index contributed by atoms with van der Waals surface area (Å²) in [6.45, 7) is 5.37. The fourth-order valence-corrected chi connectivity index (χ4v) is 2.28. The van der Waals surface area contributed by atoms with Crippen LogP contribution < -0.4 is 5.32 Å². The van der Waals surface area contributed by atoms with Crippen LogP contribution in [0.25, 0.3) is 0 Å². The van der Waals surface area contributed by atoms with E-state index < -0.39 is 0 Å². The minimum atomic E-state index is 0.529. The lowest BCUT2D eigenvalue weighted by Gasteiger charge is -2.06. The molecule has 15 heavy (non-hydrogen) atoms. The van der Waals surface area contributed by atoms with Crippen LogP contribution in [0.1, 0.15) is 19.4 Å². The van der Waals surface area contributed by atoms with Crippen LogP contribution in [0, 0.1) is 0 Å². The van der Waals surface area contributed by atoms with Crippen molar-refractivity contribution in [2.45, 2.75) is 30.4 Å². The minimum Gasteiger partial charge on any atom is -0.304 e. The number of halogens is 1. The van der Waals surface area contributed by atoms with Gasteiger partial charge in [0.15, 0.2) is 0 Å². The van der Waals surface area contributed by atoms with Gasteiger partial charge in [0.05, 0.1) is 6.00 Å². The Morgan fingerprint density at radius 3 is 2.47 bits per heavy atom. The third-order valence-corrected chi connectivity index (χ3v) is 3.18. The second-order valence-corrected chi connectivity index (χ2v) is 5.61. The highest BCUT2D eigenvalue weighted by Crippen LogP contribution is 2.22. The highest BCUT2D eigenvalue weighted by Gasteiger charge is 1.98. The van der Waals surface area contributed by atoms with E-state index in [4.69, 9.17) is 11.6 Å². The first-order valence-electron chi connectivity index (χ1n) is 5.24. The Bertz CT molecular complexity index is 271. The van der Waals surface area contributed by atoms with Crippen LogP contribution in [-0.2, 0) is 6.42 Å². The first-order valence-corrected chi connectivity index (χ1v) is 6.66. The predicted octanol–water partition coefficient (Wildman–Crippen LogP) is 3.52. The maximum absolute atomic E-state index is 5.54. The van der Waals surface area contributed by atoms with Crippen molar-refractivity contribution >= 4 is 23.4 Å². The van der Waals surface area contributed by atoms with Crippen LogP contribution in [0.4, 0.5) is 0 Å². The molecule has 0 aliphatic heterocycles. The van der Waals surface area contributed by atoms with Gasteiger partial charge >= 0.3 is 0 Å². The van der Waals surface area contributed by atoms with Gasteiger partial charge in [0.25, 0.3) is 0 Å². The minimum absolute atomic E-state index is 0.529. The Kier molecular flexibility index (Phi) is 6.15. The number of alkyl halides is 1. The monoisotopic (exact) mass is 243 g/mol. The molecule has 1 nitrogen and oxygen atoms in total. The van der Waals surface area contributed by atoms with Gasteiger partial charge in [-0.2, -0.15) is 0 Å². The highest BCUT2D eigenvalue weighted by molar-refractivity contribution is 7.99. The van der Waals surface area contributed by atoms with E-state index in [0.29, 0.717) is 11.3 Å². The van der Waals surface area contributed by atoms with Crippen molar-refractivity contribution in [1.82, 2.24) is 5.32 Å². The molecule has 0 saturated carbocycles. The van der Waals surface area contributed by atoms with E-state index in [1.165, 1.54) is 10.5 Å². The number of benzene rings is 1. The van der Waals surface area contributed by atoms with Crippen LogP contribution in [0.2, 0.25) is 0 Å². The zero-order chi connectivity index (χ0) is 11.1. The topological polar surface area (TPSA) is 12.0 Å². The molecule has 0 heterocycles. The normalized spacial score (nSPS) is 10.9. The summed E-state index contributed by atoms with van der Waals surface area (Å²) in [5.41, 5.74) is 1.36. The largest absolute Gasteiger partial charge is 0.304 e. The first-order chi connectivity index (χ1) is 7.22. The molecule has 84 valence electrons. The molecule has 0 bridgehead atoms. The van der Waals surface area contributed by atoms with Crippen LogP contribution in [0.5, 0.6) is 0 Å². The number of nitrogens with one attached hydrogen (secondary N) is 1. The number of thioether (sulfide) groups is 1. The van der Waals surface area contributed by atoms with Crippen molar-refractivity contribution in [2.24, 2.45) is 0 Å². The highest BCUT2D eigenvalue weighted by atomic mass is 35.5. The van der Waals surface area contributed by atoms with Gasteiger partial charge in [-0.1, -0.05) is 26.0 Å². The average Bonchev–Trinajstić information content (AvgIpc) is 2.20. The Balaban J connectivity index is 2.42. The van der Waals surface area contributed by atoms with Crippen LogP contribution in [0.15, 0.2) is 29.2 Å². The molecule has 1 aromatic rings. The second kappa shape index (κ2) is 7.15. The number of hydrogen-bond donors (Lipinski definition) is 1. The smallest absolute Gasteiger partial charge is 0.0713 e. The molecular weight excluding hydrogens is 226 g/mol. The first kappa shape index (κ1) is 12.9. The lowest BCUT2D eigenvalue weighted by atomic mass is 10.1. The molecule has 0 radical (unpaired) electrons. The van der Waals surface area contributed by atoms with Crippen molar-refractivity contribution in [2.75, 3.05) is 12.5 Å². The lowest BCUT2D eigenvalue weighted by molar-refractivity contribution is 0.770. The van der Waals surface area contributed by atoms with Crippen LogP contribution in [0.3, 0.4) is 0 Å². The molecule has 0 atom stereocenters. The zero-order valence-electron chi connectivity index (χ0n) is 9.29. The van der Waals surface area contributed by atoms with Gasteiger partial charge in [-0.25, -0.2) is 0 Å². The number of rotatable bonds is 6. The van der Waals surface area contributed by atoms with Crippen LogP contribution in [-0.4, -0.2) is 17.8 Å². The molecule has 1 rings (SSSR count). The Hall–Kier alpha value is -0.180. The van der Waals surface area contributed by atoms with Crippen LogP contribution >= 0.6 is 23.4 Å². The van der Waals surface area contributed by atoms with Crippen molar-refractivity contribution in [3.8, 4) is 0 Å². The van der Waals surface area contributed by atoms with E-state index in [1.54, 1.807) is 0 Å². The molecular formula is C12H18ClNS. The van der Waals surface area contributed by atoms with Gasteiger partial charge in [0, 0.05) is 16.7 Å². The summed E-state index contributed by atoms with van der Waals surface area (Å²) in [7, 11) is 0. The molecule has 3 heteroatoms. The Morgan fingerprint density at radius 2 is 1.93 bits per heavy atom. The van der Waals surface area contributed by atoms with E-state index in [9.17, 15) is 0 Å². The summed E-state index contributed by atoms with van der Waals surface area (Å²) in [6, 6.07) is 9.31.